The van der Waals surface area contributed by atoms with Crippen molar-refractivity contribution in [2.45, 2.75) is 13.0 Å². The van der Waals surface area contributed by atoms with Crippen molar-refractivity contribution in [1.82, 2.24) is 0 Å². The summed E-state index contributed by atoms with van der Waals surface area (Å²) >= 11 is 8.92. The quantitative estimate of drug-likeness (QED) is 0.794. The molecule has 0 fully saturated rings. The second-order valence-electron chi connectivity index (χ2n) is 2.97. The summed E-state index contributed by atoms with van der Waals surface area (Å²) in [5.41, 5.74) is 0.227. The van der Waals surface area contributed by atoms with Gasteiger partial charge in [-0.25, -0.2) is 0 Å². The highest BCUT2D eigenvalue weighted by Gasteiger charge is 2.17. The summed E-state index contributed by atoms with van der Waals surface area (Å²) < 4.78 is 33.4. The number of carbonyl (C=O) groups excluding carboxylic acids is 1. The summed E-state index contributed by atoms with van der Waals surface area (Å²) in [6.45, 7) is -2.97. The van der Waals surface area contributed by atoms with Gasteiger partial charge in [-0.15, -0.1) is 0 Å². The second kappa shape index (κ2) is 6.16. The van der Waals surface area contributed by atoms with Crippen LogP contribution in [0.25, 0.3) is 0 Å². The van der Waals surface area contributed by atoms with Crippen molar-refractivity contribution in [2.75, 3.05) is 7.11 Å². The smallest absolute Gasteiger partial charge is 0.387 e. The molecule has 1 rings (SSSR count). The molecular weight excluding hydrogens is 321 g/mol. The Balaban J connectivity index is 3.11. The van der Waals surface area contributed by atoms with Gasteiger partial charge >= 0.3 is 12.6 Å². The lowest BCUT2D eigenvalue weighted by atomic mass is 10.1. The average molecular weight is 330 g/mol. The van der Waals surface area contributed by atoms with E-state index in [4.69, 9.17) is 11.6 Å². The summed E-state index contributed by atoms with van der Waals surface area (Å²) in [5.74, 6) is -0.686. The number of ether oxygens (including phenoxy) is 2. The van der Waals surface area contributed by atoms with Crippen LogP contribution in [-0.2, 0) is 16.0 Å². The minimum atomic E-state index is -2.97. The van der Waals surface area contributed by atoms with Gasteiger partial charge in [0.2, 0.25) is 0 Å². The molecule has 0 atom stereocenters. The SMILES string of the molecule is COC(=O)Cc1c(OC(F)F)ccc(Cl)c1Br. The predicted molar refractivity (Wildman–Crippen MR) is 61.5 cm³/mol. The fourth-order valence-electron chi connectivity index (χ4n) is 1.16. The molecule has 17 heavy (non-hydrogen) atoms. The van der Waals surface area contributed by atoms with Gasteiger partial charge in [-0.1, -0.05) is 11.6 Å². The van der Waals surface area contributed by atoms with Crippen molar-refractivity contribution >= 4 is 33.5 Å². The summed E-state index contributed by atoms with van der Waals surface area (Å²) in [6.07, 6.45) is -0.209. The third-order valence-corrected chi connectivity index (χ3v) is 3.37. The molecule has 1 aromatic carbocycles. The Labute approximate surface area is 110 Å². The first-order valence-electron chi connectivity index (χ1n) is 4.44. The fraction of sp³-hybridized carbons (Fsp3) is 0.300. The number of halogens is 4. The number of rotatable bonds is 4. The van der Waals surface area contributed by atoms with Crippen LogP contribution >= 0.6 is 27.5 Å². The minimum absolute atomic E-state index is 0.110. The molecule has 0 aliphatic rings. The molecule has 3 nitrogen and oxygen atoms in total. The molecule has 0 heterocycles. The van der Waals surface area contributed by atoms with Crippen LogP contribution in [0, 0.1) is 0 Å². The highest BCUT2D eigenvalue weighted by atomic mass is 79.9. The van der Waals surface area contributed by atoms with Crippen LogP contribution < -0.4 is 4.74 Å². The van der Waals surface area contributed by atoms with Crippen LogP contribution in [0.15, 0.2) is 16.6 Å². The molecule has 0 aliphatic heterocycles. The maximum Gasteiger partial charge on any atom is 0.387 e. The van der Waals surface area contributed by atoms with Crippen molar-refractivity contribution in [3.8, 4) is 5.75 Å². The number of hydrogen-bond acceptors (Lipinski definition) is 3. The predicted octanol–water partition coefficient (Wildman–Crippen LogP) is 3.42. The molecule has 0 spiro atoms. The zero-order chi connectivity index (χ0) is 13.0. The van der Waals surface area contributed by atoms with Crippen LogP contribution in [0.2, 0.25) is 5.02 Å². The Morgan fingerprint density at radius 3 is 2.71 bits per heavy atom. The zero-order valence-electron chi connectivity index (χ0n) is 8.68. The number of hydrogen-bond donors (Lipinski definition) is 0. The van der Waals surface area contributed by atoms with E-state index < -0.39 is 12.6 Å². The molecule has 0 saturated carbocycles. The van der Waals surface area contributed by atoms with Crippen LogP contribution in [0.1, 0.15) is 5.56 Å². The first kappa shape index (κ1) is 14.2. The molecule has 0 aliphatic carbocycles. The third-order valence-electron chi connectivity index (χ3n) is 1.92. The second-order valence-corrected chi connectivity index (χ2v) is 4.17. The van der Waals surface area contributed by atoms with E-state index in [1.807, 2.05) is 0 Å². The van der Waals surface area contributed by atoms with Crippen molar-refractivity contribution in [1.29, 1.82) is 0 Å². The molecule has 0 unspecified atom stereocenters. The van der Waals surface area contributed by atoms with E-state index >= 15 is 0 Å². The summed E-state index contributed by atoms with van der Waals surface area (Å²) in [5, 5.41) is 0.297. The van der Waals surface area contributed by atoms with Crippen LogP contribution in [0.3, 0.4) is 0 Å². The van der Waals surface area contributed by atoms with E-state index in [2.05, 4.69) is 25.4 Å². The van der Waals surface area contributed by atoms with Gasteiger partial charge in [-0.3, -0.25) is 4.79 Å². The standard InChI is InChI=1S/C10H8BrClF2O3/c1-16-8(15)4-5-7(17-10(13)14)3-2-6(12)9(5)11/h2-3,10H,4H2,1H3. The van der Waals surface area contributed by atoms with Crippen LogP contribution in [0.5, 0.6) is 5.75 Å². The van der Waals surface area contributed by atoms with E-state index in [9.17, 15) is 13.6 Å². The number of benzene rings is 1. The summed E-state index contributed by atoms with van der Waals surface area (Å²) in [7, 11) is 1.20. The first-order valence-corrected chi connectivity index (χ1v) is 5.61. The first-order chi connectivity index (χ1) is 7.95. The van der Waals surface area contributed by atoms with Gasteiger partial charge < -0.3 is 9.47 Å². The molecule has 0 radical (unpaired) electrons. The molecular formula is C10H8BrClF2O3. The maximum absolute atomic E-state index is 12.2. The molecule has 7 heteroatoms. The van der Waals surface area contributed by atoms with Crippen molar-refractivity contribution in [3.63, 3.8) is 0 Å². The van der Waals surface area contributed by atoms with Crippen molar-refractivity contribution < 1.29 is 23.0 Å². The monoisotopic (exact) mass is 328 g/mol. The van der Waals surface area contributed by atoms with Crippen LogP contribution in [0.4, 0.5) is 8.78 Å². The molecule has 1 aromatic rings. The lowest BCUT2D eigenvalue weighted by Crippen LogP contribution is -2.10. The normalized spacial score (nSPS) is 10.5. The van der Waals surface area contributed by atoms with Gasteiger partial charge in [-0.05, 0) is 28.1 Å². The Morgan fingerprint density at radius 2 is 2.18 bits per heavy atom. The van der Waals surface area contributed by atoms with Gasteiger partial charge in [0.05, 0.1) is 18.6 Å². The highest BCUT2D eigenvalue weighted by Crippen LogP contribution is 2.34. The Kier molecular flexibility index (Phi) is 5.14. The maximum atomic E-state index is 12.2. The summed E-state index contributed by atoms with van der Waals surface area (Å²) in [6, 6.07) is 2.67. The fourth-order valence-corrected chi connectivity index (χ4v) is 1.81. The van der Waals surface area contributed by atoms with E-state index in [1.165, 1.54) is 19.2 Å². The van der Waals surface area contributed by atoms with E-state index in [-0.39, 0.29) is 17.7 Å². The van der Waals surface area contributed by atoms with E-state index in [0.29, 0.717) is 9.50 Å². The number of methoxy groups -OCH3 is 1. The topological polar surface area (TPSA) is 35.5 Å². The molecule has 0 bridgehead atoms. The van der Waals surface area contributed by atoms with Crippen molar-refractivity contribution in [2.24, 2.45) is 0 Å². The lowest BCUT2D eigenvalue weighted by Gasteiger charge is -2.12. The molecule has 0 amide bonds. The largest absolute Gasteiger partial charge is 0.469 e. The van der Waals surface area contributed by atoms with Gasteiger partial charge in [0.25, 0.3) is 0 Å². The molecule has 0 saturated heterocycles. The Hall–Kier alpha value is -0.880. The third kappa shape index (κ3) is 3.81. The van der Waals surface area contributed by atoms with Gasteiger partial charge in [0, 0.05) is 10.0 Å². The van der Waals surface area contributed by atoms with Crippen molar-refractivity contribution in [3.05, 3.63) is 27.2 Å². The Bertz CT molecular complexity index is 426. The van der Waals surface area contributed by atoms with Gasteiger partial charge in [-0.2, -0.15) is 8.78 Å². The minimum Gasteiger partial charge on any atom is -0.469 e. The van der Waals surface area contributed by atoms with Gasteiger partial charge in [0.15, 0.2) is 0 Å². The molecule has 0 N–H and O–H groups in total. The summed E-state index contributed by atoms with van der Waals surface area (Å²) in [4.78, 5) is 11.2. The molecule has 94 valence electrons. The number of carbonyl (C=O) groups is 1. The molecule has 0 aromatic heterocycles. The zero-order valence-corrected chi connectivity index (χ0v) is 11.0. The number of esters is 1. The van der Waals surface area contributed by atoms with E-state index in [1.54, 1.807) is 0 Å². The van der Waals surface area contributed by atoms with Crippen LogP contribution in [-0.4, -0.2) is 19.7 Å². The van der Waals surface area contributed by atoms with E-state index in [0.717, 1.165) is 0 Å². The van der Waals surface area contributed by atoms with Gasteiger partial charge in [0.1, 0.15) is 5.75 Å². The Morgan fingerprint density at radius 1 is 1.53 bits per heavy atom. The lowest BCUT2D eigenvalue weighted by molar-refractivity contribution is -0.139. The highest BCUT2D eigenvalue weighted by molar-refractivity contribution is 9.10. The average Bonchev–Trinajstić information content (AvgIpc) is 2.27. The number of alkyl halides is 2.